The number of hydrogen-bond donors (Lipinski definition) is 3. The van der Waals surface area contributed by atoms with Gasteiger partial charge in [-0.15, -0.1) is 0 Å². The van der Waals surface area contributed by atoms with Crippen LogP contribution in [0, 0.1) is 0 Å². The second kappa shape index (κ2) is 8.64. The van der Waals surface area contributed by atoms with Gasteiger partial charge in [-0.1, -0.05) is 36.4 Å². The molecule has 0 aliphatic carbocycles. The van der Waals surface area contributed by atoms with Gasteiger partial charge in [-0.05, 0) is 53.1 Å². The zero-order valence-corrected chi connectivity index (χ0v) is 18.9. The summed E-state index contributed by atoms with van der Waals surface area (Å²) in [4.78, 5) is -0.221. The maximum absolute atomic E-state index is 12.4. The van der Waals surface area contributed by atoms with Gasteiger partial charge in [0.15, 0.2) is 0 Å². The first-order valence-corrected chi connectivity index (χ1v) is 13.0. The minimum Gasteiger partial charge on any atom is -0.493 e. The molecule has 172 valence electrons. The lowest BCUT2D eigenvalue weighted by Gasteiger charge is -2.15. The van der Waals surface area contributed by atoms with Crippen LogP contribution in [-0.4, -0.2) is 38.3 Å². The summed E-state index contributed by atoms with van der Waals surface area (Å²) in [5.74, 6) is -0.0675. The Hall–Kier alpha value is -3.18. The number of anilines is 1. The molecule has 4 aromatic rings. The highest BCUT2D eigenvalue weighted by Crippen LogP contribution is 2.38. The van der Waals surface area contributed by atoms with Crippen molar-refractivity contribution in [2.75, 3.05) is 18.1 Å². The molecule has 10 heteroatoms. The highest BCUT2D eigenvalue weighted by atomic mass is 32.2. The number of benzene rings is 4. The first kappa shape index (κ1) is 23.0. The molecular weight excluding hydrogens is 466 g/mol. The first-order chi connectivity index (χ1) is 15.5. The maximum atomic E-state index is 12.4. The minimum absolute atomic E-state index is 0.00555. The van der Waals surface area contributed by atoms with E-state index in [0.717, 1.165) is 0 Å². The summed E-state index contributed by atoms with van der Waals surface area (Å²) in [5, 5.41) is 2.39. The van der Waals surface area contributed by atoms with Crippen LogP contribution in [0.25, 0.3) is 32.7 Å². The summed E-state index contributed by atoms with van der Waals surface area (Å²) in [6.07, 6.45) is 0.0613. The zero-order chi connectivity index (χ0) is 23.8. The molecule has 0 saturated heterocycles. The molecule has 0 aromatic heterocycles. The summed E-state index contributed by atoms with van der Waals surface area (Å²) in [7, 11) is -8.69. The molecule has 4 rings (SSSR count). The van der Waals surface area contributed by atoms with Crippen molar-refractivity contribution in [2.24, 2.45) is 0 Å². The lowest BCUT2D eigenvalue weighted by atomic mass is 9.97. The molecule has 4 N–H and O–H groups in total. The topological polar surface area (TPSA) is 144 Å². The number of hydrogen-bond acceptors (Lipinski definition) is 6. The molecule has 33 heavy (non-hydrogen) atoms. The van der Waals surface area contributed by atoms with E-state index in [0.29, 0.717) is 38.5 Å². The van der Waals surface area contributed by atoms with Gasteiger partial charge in [0.05, 0.1) is 12.4 Å². The van der Waals surface area contributed by atoms with Gasteiger partial charge in [0.1, 0.15) is 10.6 Å². The Bertz CT molecular complexity index is 1580. The molecular formula is C23H21NO7S2. The standard InChI is InChI=1S/C23H21NO7S2/c24-18-7-9-19-16(13-18)12-17(14-22(19)31-10-3-11-32(25,26)27)21-8-6-15-4-1-2-5-20(15)23(21)33(28,29)30/h1-2,4-9,12-14H,3,10-11,24H2,(H,25,26,27)(H,28,29,30). The van der Waals surface area contributed by atoms with Gasteiger partial charge in [0, 0.05) is 22.0 Å². The molecule has 0 bridgehead atoms. The van der Waals surface area contributed by atoms with E-state index >= 15 is 0 Å². The van der Waals surface area contributed by atoms with E-state index in [1.807, 2.05) is 0 Å². The largest absolute Gasteiger partial charge is 0.493 e. The van der Waals surface area contributed by atoms with Gasteiger partial charge in [-0.2, -0.15) is 16.8 Å². The number of ether oxygens (including phenoxy) is 1. The van der Waals surface area contributed by atoms with Crippen molar-refractivity contribution >= 4 is 47.5 Å². The van der Waals surface area contributed by atoms with Crippen LogP contribution in [0.4, 0.5) is 5.69 Å². The third-order valence-electron chi connectivity index (χ3n) is 5.19. The molecule has 0 saturated carbocycles. The van der Waals surface area contributed by atoms with E-state index in [1.165, 1.54) is 0 Å². The Balaban J connectivity index is 1.89. The average molecular weight is 488 g/mol. The van der Waals surface area contributed by atoms with Crippen molar-refractivity contribution < 1.29 is 30.7 Å². The molecule has 0 radical (unpaired) electrons. The monoisotopic (exact) mass is 487 g/mol. The Kier molecular flexibility index (Phi) is 6.02. The predicted molar refractivity (Wildman–Crippen MR) is 128 cm³/mol. The quantitative estimate of drug-likeness (QED) is 0.200. The van der Waals surface area contributed by atoms with Gasteiger partial charge in [-0.25, -0.2) is 0 Å². The summed E-state index contributed by atoms with van der Waals surface area (Å²) in [6.45, 7) is 0.00555. The molecule has 4 aromatic carbocycles. The zero-order valence-electron chi connectivity index (χ0n) is 17.3. The molecule has 0 fully saturated rings. The fraction of sp³-hybridized carbons (Fsp3) is 0.130. The van der Waals surface area contributed by atoms with E-state index < -0.39 is 26.0 Å². The molecule has 0 aliphatic heterocycles. The van der Waals surface area contributed by atoms with Crippen molar-refractivity contribution in [3.63, 3.8) is 0 Å². The average Bonchev–Trinajstić information content (AvgIpc) is 2.74. The third kappa shape index (κ3) is 5.09. The number of rotatable bonds is 7. The molecule has 0 aliphatic rings. The Morgan fingerprint density at radius 1 is 0.818 bits per heavy atom. The minimum atomic E-state index is -4.58. The fourth-order valence-electron chi connectivity index (χ4n) is 3.80. The Labute approximate surface area is 191 Å². The normalized spacial score (nSPS) is 12.3. The van der Waals surface area contributed by atoms with Gasteiger partial charge in [0.2, 0.25) is 0 Å². The highest BCUT2D eigenvalue weighted by molar-refractivity contribution is 7.86. The van der Waals surface area contributed by atoms with Crippen molar-refractivity contribution in [2.45, 2.75) is 11.3 Å². The van der Waals surface area contributed by atoms with Crippen molar-refractivity contribution in [1.82, 2.24) is 0 Å². The molecule has 0 spiro atoms. The van der Waals surface area contributed by atoms with Crippen LogP contribution in [0.2, 0.25) is 0 Å². The van der Waals surface area contributed by atoms with Crippen molar-refractivity contribution in [3.05, 3.63) is 66.7 Å². The molecule has 0 atom stereocenters. The van der Waals surface area contributed by atoms with Gasteiger partial charge < -0.3 is 10.5 Å². The van der Waals surface area contributed by atoms with Crippen LogP contribution in [0.5, 0.6) is 5.75 Å². The lowest BCUT2D eigenvalue weighted by Crippen LogP contribution is -2.08. The van der Waals surface area contributed by atoms with Crippen molar-refractivity contribution in [3.8, 4) is 16.9 Å². The molecule has 0 unspecified atom stereocenters. The highest BCUT2D eigenvalue weighted by Gasteiger charge is 2.21. The van der Waals surface area contributed by atoms with Gasteiger partial charge in [-0.3, -0.25) is 9.11 Å². The first-order valence-electron chi connectivity index (χ1n) is 9.94. The van der Waals surface area contributed by atoms with Crippen LogP contribution in [-0.2, 0) is 20.2 Å². The van der Waals surface area contributed by atoms with E-state index in [9.17, 15) is 21.4 Å². The van der Waals surface area contributed by atoms with Crippen LogP contribution in [0.1, 0.15) is 6.42 Å². The molecule has 8 nitrogen and oxygen atoms in total. The van der Waals surface area contributed by atoms with E-state index in [4.69, 9.17) is 15.0 Å². The third-order valence-corrected chi connectivity index (χ3v) is 6.95. The summed E-state index contributed by atoms with van der Waals surface area (Å²) in [6, 6.07) is 18.7. The van der Waals surface area contributed by atoms with Crippen molar-refractivity contribution in [1.29, 1.82) is 0 Å². The summed E-state index contributed by atoms with van der Waals surface area (Å²) >= 11 is 0. The van der Waals surface area contributed by atoms with E-state index in [-0.39, 0.29) is 23.5 Å². The summed E-state index contributed by atoms with van der Waals surface area (Å²) in [5.41, 5.74) is 7.18. The number of nitrogens with two attached hydrogens (primary N) is 1. The second-order valence-corrected chi connectivity index (χ2v) is 10.5. The molecule has 0 heterocycles. The lowest BCUT2D eigenvalue weighted by molar-refractivity contribution is 0.320. The second-order valence-electron chi connectivity index (χ2n) is 7.58. The fourth-order valence-corrected chi connectivity index (χ4v) is 5.21. The SMILES string of the molecule is Nc1ccc2c(OCCCS(=O)(=O)O)cc(-c3ccc4ccccc4c3S(=O)(=O)O)cc2c1. The van der Waals surface area contributed by atoms with Crippen LogP contribution in [0.3, 0.4) is 0 Å². The van der Waals surface area contributed by atoms with Crippen LogP contribution < -0.4 is 10.5 Å². The smallest absolute Gasteiger partial charge is 0.295 e. The number of fused-ring (bicyclic) bond motifs is 2. The Morgan fingerprint density at radius 2 is 1.58 bits per heavy atom. The molecule has 0 amide bonds. The van der Waals surface area contributed by atoms with E-state index in [2.05, 4.69) is 0 Å². The predicted octanol–water partition coefficient (Wildman–Crippen LogP) is 4.15. The van der Waals surface area contributed by atoms with E-state index in [1.54, 1.807) is 66.7 Å². The van der Waals surface area contributed by atoms with Gasteiger partial charge >= 0.3 is 0 Å². The van der Waals surface area contributed by atoms with Crippen LogP contribution >= 0.6 is 0 Å². The number of nitrogen functional groups attached to an aromatic ring is 1. The Morgan fingerprint density at radius 3 is 2.30 bits per heavy atom. The maximum Gasteiger partial charge on any atom is 0.295 e. The summed E-state index contributed by atoms with van der Waals surface area (Å²) < 4.78 is 71.5. The van der Waals surface area contributed by atoms with Crippen LogP contribution in [0.15, 0.2) is 71.6 Å². The van der Waals surface area contributed by atoms with Gasteiger partial charge in [0.25, 0.3) is 20.2 Å².